The van der Waals surface area contributed by atoms with Crippen LogP contribution in [0.25, 0.3) is 17.0 Å². The predicted octanol–water partition coefficient (Wildman–Crippen LogP) is 3.26. The van der Waals surface area contributed by atoms with Gasteiger partial charge < -0.3 is 9.47 Å². The van der Waals surface area contributed by atoms with E-state index in [1.54, 1.807) is 13.0 Å². The number of alkyl halides is 3. The van der Waals surface area contributed by atoms with Gasteiger partial charge in [0.2, 0.25) is 5.88 Å². The Kier molecular flexibility index (Phi) is 5.51. The molecule has 0 N–H and O–H groups in total. The molecule has 0 aliphatic rings. The first-order valence-corrected chi connectivity index (χ1v) is 9.46. The number of hydrogen-bond acceptors (Lipinski definition) is 7. The van der Waals surface area contributed by atoms with E-state index in [0.29, 0.717) is 16.6 Å². The Morgan fingerprint density at radius 3 is 2.69 bits per heavy atom. The van der Waals surface area contributed by atoms with Crippen LogP contribution in [0, 0.1) is 0 Å². The molecule has 0 saturated carbocycles. The van der Waals surface area contributed by atoms with Gasteiger partial charge in [0.1, 0.15) is 11.0 Å². The quantitative estimate of drug-likeness (QED) is 0.420. The Bertz CT molecular complexity index is 1280. The summed E-state index contributed by atoms with van der Waals surface area (Å²) in [5.41, 5.74) is 0.698. The highest BCUT2D eigenvalue weighted by atomic mass is 19.4. The van der Waals surface area contributed by atoms with Gasteiger partial charge in [0.05, 0.1) is 43.8 Å². The molecule has 0 atom stereocenters. The van der Waals surface area contributed by atoms with Gasteiger partial charge in [-0.2, -0.15) is 28.4 Å². The van der Waals surface area contributed by atoms with Crippen molar-refractivity contribution in [2.75, 3.05) is 13.7 Å². The predicted molar refractivity (Wildman–Crippen MR) is 105 cm³/mol. The fourth-order valence-electron chi connectivity index (χ4n) is 3.09. The van der Waals surface area contributed by atoms with Crippen LogP contribution < -0.4 is 4.74 Å². The second-order valence-electron chi connectivity index (χ2n) is 6.66. The molecule has 166 valence electrons. The fraction of sp³-hybridized carbons (Fsp3) is 0.250. The van der Waals surface area contributed by atoms with E-state index in [4.69, 9.17) is 9.47 Å². The smallest absolute Gasteiger partial charge is 0.416 e. The van der Waals surface area contributed by atoms with E-state index < -0.39 is 17.7 Å². The van der Waals surface area contributed by atoms with Crippen LogP contribution in [-0.2, 0) is 17.5 Å². The summed E-state index contributed by atoms with van der Waals surface area (Å²) in [5, 5.41) is 8.31. The summed E-state index contributed by atoms with van der Waals surface area (Å²) in [5.74, 6) is -0.244. The van der Waals surface area contributed by atoms with Gasteiger partial charge in [-0.05, 0) is 24.6 Å². The molecule has 0 spiro atoms. The summed E-state index contributed by atoms with van der Waals surface area (Å²) in [4.78, 5) is 20.6. The maximum Gasteiger partial charge on any atom is 0.416 e. The highest BCUT2D eigenvalue weighted by Gasteiger charge is 2.30. The number of carbonyl (C=O) groups excluding carboxylic acids is 1. The first-order valence-electron chi connectivity index (χ1n) is 9.46. The molecule has 12 heteroatoms. The van der Waals surface area contributed by atoms with Crippen LogP contribution >= 0.6 is 0 Å². The summed E-state index contributed by atoms with van der Waals surface area (Å²) >= 11 is 0. The van der Waals surface area contributed by atoms with Crippen molar-refractivity contribution in [1.82, 2.24) is 29.5 Å². The molecule has 0 fully saturated rings. The van der Waals surface area contributed by atoms with E-state index in [-0.39, 0.29) is 30.5 Å². The molecule has 0 aliphatic carbocycles. The van der Waals surface area contributed by atoms with Gasteiger partial charge >= 0.3 is 12.1 Å². The minimum atomic E-state index is -4.44. The zero-order valence-electron chi connectivity index (χ0n) is 17.0. The number of halogens is 3. The number of esters is 1. The van der Waals surface area contributed by atoms with Crippen molar-refractivity contribution in [2.24, 2.45) is 0 Å². The third-order valence-corrected chi connectivity index (χ3v) is 4.52. The van der Waals surface area contributed by atoms with Gasteiger partial charge in [-0.1, -0.05) is 12.1 Å². The van der Waals surface area contributed by atoms with E-state index in [2.05, 4.69) is 20.2 Å². The number of fused-ring (bicyclic) bond motifs is 1. The van der Waals surface area contributed by atoms with Crippen molar-refractivity contribution in [3.05, 3.63) is 59.5 Å². The summed E-state index contributed by atoms with van der Waals surface area (Å²) < 4.78 is 52.1. The number of ether oxygens (including phenoxy) is 2. The third kappa shape index (κ3) is 4.11. The molecule has 0 radical (unpaired) electrons. The van der Waals surface area contributed by atoms with Crippen LogP contribution in [0.3, 0.4) is 0 Å². The third-order valence-electron chi connectivity index (χ3n) is 4.52. The maximum absolute atomic E-state index is 13.0. The lowest BCUT2D eigenvalue weighted by Gasteiger charge is -2.10. The molecule has 4 rings (SSSR count). The minimum absolute atomic E-state index is 0.0568. The molecule has 0 aliphatic heterocycles. The van der Waals surface area contributed by atoms with Crippen molar-refractivity contribution in [3.8, 4) is 11.8 Å². The number of rotatable bonds is 6. The Morgan fingerprint density at radius 1 is 1.16 bits per heavy atom. The second kappa shape index (κ2) is 8.29. The average molecular weight is 446 g/mol. The lowest BCUT2D eigenvalue weighted by molar-refractivity contribution is -0.137. The van der Waals surface area contributed by atoms with E-state index in [9.17, 15) is 18.0 Å². The zero-order valence-corrected chi connectivity index (χ0v) is 17.0. The van der Waals surface area contributed by atoms with Gasteiger partial charge in [-0.3, -0.25) is 4.68 Å². The van der Waals surface area contributed by atoms with Crippen LogP contribution in [0.15, 0.2) is 42.9 Å². The second-order valence-corrected chi connectivity index (χ2v) is 6.66. The highest BCUT2D eigenvalue weighted by Crippen LogP contribution is 2.30. The first kappa shape index (κ1) is 21.3. The monoisotopic (exact) mass is 446 g/mol. The Balaban J connectivity index is 1.69. The van der Waals surface area contributed by atoms with E-state index in [1.807, 2.05) is 0 Å². The lowest BCUT2D eigenvalue weighted by atomic mass is 10.1. The molecular formula is C20H17F3N6O3. The molecule has 0 amide bonds. The van der Waals surface area contributed by atoms with Crippen LogP contribution in [-0.4, -0.2) is 49.2 Å². The molecular weight excluding hydrogens is 429 g/mol. The summed E-state index contributed by atoms with van der Waals surface area (Å²) in [6, 6.07) is 4.99. The van der Waals surface area contributed by atoms with Gasteiger partial charge in [-0.15, -0.1) is 0 Å². The number of nitrogens with zero attached hydrogens (tertiary/aromatic N) is 6. The van der Waals surface area contributed by atoms with E-state index in [0.717, 1.165) is 12.1 Å². The molecule has 9 nitrogen and oxygen atoms in total. The van der Waals surface area contributed by atoms with Crippen LogP contribution in [0.2, 0.25) is 0 Å². The van der Waals surface area contributed by atoms with Crippen molar-refractivity contribution in [2.45, 2.75) is 19.6 Å². The summed E-state index contributed by atoms with van der Waals surface area (Å²) in [6.45, 7) is 1.98. The molecule has 0 bridgehead atoms. The Hall–Kier alpha value is -3.96. The largest absolute Gasteiger partial charge is 0.479 e. The van der Waals surface area contributed by atoms with Gasteiger partial charge in [-0.25, -0.2) is 14.5 Å². The van der Waals surface area contributed by atoms with Crippen molar-refractivity contribution < 1.29 is 27.4 Å². The standard InChI is InChI=1S/C20H17F3N6O3/c1-3-32-18(30)13-8-24-29(11-13)19-26-15-9-25-28(16(15)17(27-19)31-2)10-12-5-4-6-14(7-12)20(21,22)23/h4-9,11H,3,10H2,1-2H3. The Morgan fingerprint density at radius 2 is 1.97 bits per heavy atom. The number of hydrogen-bond donors (Lipinski definition) is 0. The summed E-state index contributed by atoms with van der Waals surface area (Å²) in [7, 11) is 1.40. The van der Waals surface area contributed by atoms with Crippen LogP contribution in [0.1, 0.15) is 28.4 Å². The molecule has 1 aromatic carbocycles. The fourth-order valence-corrected chi connectivity index (χ4v) is 3.09. The lowest BCUT2D eigenvalue weighted by Crippen LogP contribution is -2.09. The molecule has 0 saturated heterocycles. The SMILES string of the molecule is CCOC(=O)c1cnn(-c2nc(OC)c3c(cnn3Cc3cccc(C(F)(F)F)c3)n2)c1. The van der Waals surface area contributed by atoms with Crippen molar-refractivity contribution in [3.63, 3.8) is 0 Å². The Labute approximate surface area is 179 Å². The molecule has 4 aromatic rings. The zero-order chi connectivity index (χ0) is 22.9. The maximum atomic E-state index is 13.0. The normalized spacial score (nSPS) is 11.7. The van der Waals surface area contributed by atoms with Crippen LogP contribution in [0.4, 0.5) is 13.2 Å². The van der Waals surface area contributed by atoms with E-state index in [1.165, 1.54) is 41.1 Å². The topological polar surface area (TPSA) is 97.0 Å². The first-order chi connectivity index (χ1) is 15.3. The van der Waals surface area contributed by atoms with Crippen LogP contribution in [0.5, 0.6) is 5.88 Å². The number of carbonyl (C=O) groups is 1. The minimum Gasteiger partial charge on any atom is -0.479 e. The highest BCUT2D eigenvalue weighted by molar-refractivity contribution is 5.88. The molecule has 0 unspecified atom stereocenters. The average Bonchev–Trinajstić information content (AvgIpc) is 3.41. The molecule has 32 heavy (non-hydrogen) atoms. The molecule has 3 aromatic heterocycles. The van der Waals surface area contributed by atoms with Gasteiger partial charge in [0, 0.05) is 6.20 Å². The van der Waals surface area contributed by atoms with Gasteiger partial charge in [0.25, 0.3) is 5.95 Å². The summed E-state index contributed by atoms with van der Waals surface area (Å²) in [6.07, 6.45) is -0.239. The van der Waals surface area contributed by atoms with Crippen molar-refractivity contribution in [1.29, 1.82) is 0 Å². The number of aromatic nitrogens is 6. The molecule has 3 heterocycles. The number of methoxy groups -OCH3 is 1. The van der Waals surface area contributed by atoms with Gasteiger partial charge in [0.15, 0.2) is 0 Å². The van der Waals surface area contributed by atoms with E-state index >= 15 is 0 Å². The van der Waals surface area contributed by atoms with Crippen molar-refractivity contribution >= 4 is 17.0 Å². The number of benzene rings is 1.